The van der Waals surface area contributed by atoms with Crippen molar-refractivity contribution in [3.63, 3.8) is 0 Å². The summed E-state index contributed by atoms with van der Waals surface area (Å²) in [5.74, 6) is 0.619. The van der Waals surface area contributed by atoms with Gasteiger partial charge in [-0.05, 0) is 37.7 Å². The number of anilines is 1. The Hall–Kier alpha value is -1.48. The first-order valence-corrected chi connectivity index (χ1v) is 9.29. The van der Waals surface area contributed by atoms with Crippen LogP contribution >= 0.6 is 15.9 Å². The Bertz CT molecular complexity index is 591. The van der Waals surface area contributed by atoms with Crippen molar-refractivity contribution in [1.29, 1.82) is 0 Å². The van der Waals surface area contributed by atoms with Crippen LogP contribution in [0.2, 0.25) is 0 Å². The summed E-state index contributed by atoms with van der Waals surface area (Å²) in [6.07, 6.45) is -3.19. The summed E-state index contributed by atoms with van der Waals surface area (Å²) >= 11 is 3.44. The zero-order chi connectivity index (χ0) is 19.2. The number of hydrogen-bond acceptors (Lipinski definition) is 3. The molecule has 5 nitrogen and oxygen atoms in total. The van der Waals surface area contributed by atoms with Crippen LogP contribution < -0.4 is 15.5 Å². The SMILES string of the molecule is CN=C(NCCN(C)CC(F)(F)F)NC1CCN(c2ccc(Br)cc2)C1. The number of benzene rings is 1. The minimum absolute atomic E-state index is 0.248. The fraction of sp³-hybridized carbons (Fsp3) is 0.588. The minimum Gasteiger partial charge on any atom is -0.369 e. The molecule has 0 aromatic heterocycles. The van der Waals surface area contributed by atoms with E-state index in [0.717, 1.165) is 24.0 Å². The fourth-order valence-electron chi connectivity index (χ4n) is 2.90. The van der Waals surface area contributed by atoms with Gasteiger partial charge in [0.05, 0.1) is 6.54 Å². The van der Waals surface area contributed by atoms with E-state index in [-0.39, 0.29) is 12.6 Å². The Labute approximate surface area is 160 Å². The maximum absolute atomic E-state index is 12.3. The van der Waals surface area contributed by atoms with E-state index in [4.69, 9.17) is 0 Å². The summed E-state index contributed by atoms with van der Waals surface area (Å²) in [6.45, 7) is 1.58. The first kappa shape index (κ1) is 20.8. The Morgan fingerprint density at radius 1 is 1.35 bits per heavy atom. The molecule has 0 bridgehead atoms. The van der Waals surface area contributed by atoms with E-state index in [1.54, 1.807) is 7.05 Å². The lowest BCUT2D eigenvalue weighted by Crippen LogP contribution is -2.46. The van der Waals surface area contributed by atoms with E-state index in [0.29, 0.717) is 12.5 Å². The number of nitrogens with one attached hydrogen (secondary N) is 2. The molecule has 2 rings (SSSR count). The number of alkyl halides is 3. The molecule has 1 aliphatic heterocycles. The quantitative estimate of drug-likeness (QED) is 0.532. The van der Waals surface area contributed by atoms with Crippen molar-refractivity contribution in [3.05, 3.63) is 28.7 Å². The number of hydrogen-bond donors (Lipinski definition) is 2. The number of likely N-dealkylation sites (N-methyl/N-ethyl adjacent to an activating group) is 1. The molecule has 146 valence electrons. The van der Waals surface area contributed by atoms with Crippen molar-refractivity contribution in [2.45, 2.75) is 18.6 Å². The van der Waals surface area contributed by atoms with Gasteiger partial charge in [-0.15, -0.1) is 0 Å². The molecule has 1 aromatic rings. The zero-order valence-corrected chi connectivity index (χ0v) is 16.6. The van der Waals surface area contributed by atoms with Crippen LogP contribution in [0.15, 0.2) is 33.7 Å². The normalized spacial score (nSPS) is 18.5. The van der Waals surface area contributed by atoms with Crippen molar-refractivity contribution >= 4 is 27.6 Å². The lowest BCUT2D eigenvalue weighted by atomic mass is 10.3. The fourth-order valence-corrected chi connectivity index (χ4v) is 3.17. The third-order valence-corrected chi connectivity index (χ3v) is 4.71. The Balaban J connectivity index is 1.74. The minimum atomic E-state index is -4.17. The third kappa shape index (κ3) is 7.03. The molecule has 9 heteroatoms. The lowest BCUT2D eigenvalue weighted by molar-refractivity contribution is -0.142. The van der Waals surface area contributed by atoms with Gasteiger partial charge in [0.25, 0.3) is 0 Å². The van der Waals surface area contributed by atoms with Crippen LogP contribution in [-0.2, 0) is 0 Å². The second kappa shape index (κ2) is 9.45. The van der Waals surface area contributed by atoms with Gasteiger partial charge in [0.1, 0.15) is 0 Å². The zero-order valence-electron chi connectivity index (χ0n) is 15.0. The van der Waals surface area contributed by atoms with Crippen molar-refractivity contribution in [3.8, 4) is 0 Å². The smallest absolute Gasteiger partial charge is 0.369 e. The molecule has 1 aliphatic rings. The van der Waals surface area contributed by atoms with Crippen molar-refractivity contribution in [2.24, 2.45) is 4.99 Å². The van der Waals surface area contributed by atoms with Crippen molar-refractivity contribution < 1.29 is 13.2 Å². The number of rotatable bonds is 6. The van der Waals surface area contributed by atoms with Gasteiger partial charge < -0.3 is 15.5 Å². The average Bonchev–Trinajstić information content (AvgIpc) is 3.01. The van der Waals surface area contributed by atoms with E-state index in [9.17, 15) is 13.2 Å². The Morgan fingerprint density at radius 2 is 2.04 bits per heavy atom. The summed E-state index contributed by atoms with van der Waals surface area (Å²) in [7, 11) is 3.12. The van der Waals surface area contributed by atoms with Gasteiger partial charge in [-0.2, -0.15) is 13.2 Å². The van der Waals surface area contributed by atoms with Crippen LogP contribution in [0.25, 0.3) is 0 Å². The molecule has 1 fully saturated rings. The van der Waals surface area contributed by atoms with Crippen LogP contribution in [0.5, 0.6) is 0 Å². The summed E-state index contributed by atoms with van der Waals surface area (Å²) < 4.78 is 38.0. The molecule has 1 atom stereocenters. The highest BCUT2D eigenvalue weighted by molar-refractivity contribution is 9.10. The second-order valence-electron chi connectivity index (χ2n) is 6.40. The Kier molecular flexibility index (Phi) is 7.57. The van der Waals surface area contributed by atoms with Crippen LogP contribution in [0, 0.1) is 0 Å². The summed E-state index contributed by atoms with van der Waals surface area (Å²) in [6, 6.07) is 8.45. The maximum Gasteiger partial charge on any atom is 0.401 e. The van der Waals surface area contributed by atoms with Crippen molar-refractivity contribution in [1.82, 2.24) is 15.5 Å². The van der Waals surface area contributed by atoms with Crippen molar-refractivity contribution in [2.75, 3.05) is 51.7 Å². The predicted octanol–water partition coefficient (Wildman–Crippen LogP) is 2.69. The monoisotopic (exact) mass is 435 g/mol. The second-order valence-corrected chi connectivity index (χ2v) is 7.32. The van der Waals surface area contributed by atoms with Gasteiger partial charge >= 0.3 is 6.18 Å². The van der Waals surface area contributed by atoms with Gasteiger partial charge in [-0.3, -0.25) is 9.89 Å². The van der Waals surface area contributed by atoms with Gasteiger partial charge in [-0.25, -0.2) is 0 Å². The highest BCUT2D eigenvalue weighted by Gasteiger charge is 2.29. The molecule has 1 heterocycles. The maximum atomic E-state index is 12.3. The van der Waals surface area contributed by atoms with Crippen LogP contribution in [0.1, 0.15) is 6.42 Å². The highest BCUT2D eigenvalue weighted by Crippen LogP contribution is 2.22. The summed E-state index contributed by atoms with van der Waals surface area (Å²) in [4.78, 5) is 7.70. The largest absolute Gasteiger partial charge is 0.401 e. The molecule has 1 unspecified atom stereocenters. The number of guanidine groups is 1. The van der Waals surface area contributed by atoms with E-state index < -0.39 is 12.7 Å². The Morgan fingerprint density at radius 3 is 2.65 bits per heavy atom. The van der Waals surface area contributed by atoms with Crippen LogP contribution in [0.3, 0.4) is 0 Å². The summed E-state index contributed by atoms with van der Waals surface area (Å²) in [5.41, 5.74) is 1.18. The standard InChI is InChI=1S/C17H25BrF3N5/c1-22-16(23-8-10-25(2)12-17(19,20)21)24-14-7-9-26(11-14)15-5-3-13(18)4-6-15/h3-6,14H,7-12H2,1-2H3,(H2,22,23,24). The molecule has 0 aliphatic carbocycles. The molecule has 1 aromatic carbocycles. The van der Waals surface area contributed by atoms with E-state index in [1.165, 1.54) is 17.6 Å². The molecule has 0 spiro atoms. The number of nitrogens with zero attached hydrogens (tertiary/aromatic N) is 3. The van der Waals surface area contributed by atoms with Gasteiger partial charge in [0.15, 0.2) is 5.96 Å². The van der Waals surface area contributed by atoms with Crippen LogP contribution in [0.4, 0.5) is 18.9 Å². The molecule has 1 saturated heterocycles. The predicted molar refractivity (Wildman–Crippen MR) is 103 cm³/mol. The molecular formula is C17H25BrF3N5. The molecular weight excluding hydrogens is 411 g/mol. The molecule has 2 N–H and O–H groups in total. The van der Waals surface area contributed by atoms with E-state index >= 15 is 0 Å². The average molecular weight is 436 g/mol. The van der Waals surface area contributed by atoms with Gasteiger partial charge in [0.2, 0.25) is 0 Å². The molecule has 0 amide bonds. The first-order valence-electron chi connectivity index (χ1n) is 8.50. The van der Waals surface area contributed by atoms with E-state index in [2.05, 4.69) is 48.6 Å². The number of halogens is 4. The van der Waals surface area contributed by atoms with Crippen LogP contribution in [-0.4, -0.2) is 69.9 Å². The molecule has 0 radical (unpaired) electrons. The third-order valence-electron chi connectivity index (χ3n) is 4.18. The molecule has 26 heavy (non-hydrogen) atoms. The van der Waals surface area contributed by atoms with Gasteiger partial charge in [-0.1, -0.05) is 15.9 Å². The lowest BCUT2D eigenvalue weighted by Gasteiger charge is -2.22. The summed E-state index contributed by atoms with van der Waals surface area (Å²) in [5, 5.41) is 6.43. The van der Waals surface area contributed by atoms with Gasteiger partial charge in [0, 0.05) is 49.4 Å². The molecule has 0 saturated carbocycles. The first-order chi connectivity index (χ1) is 12.3. The highest BCUT2D eigenvalue weighted by atomic mass is 79.9. The number of aliphatic imine (C=N–C) groups is 1. The van der Waals surface area contributed by atoms with E-state index in [1.807, 2.05) is 12.1 Å². The topological polar surface area (TPSA) is 42.9 Å².